The fraction of sp³-hybridized carbons (Fsp3) is 0.800. The van der Waals surface area contributed by atoms with Gasteiger partial charge in [-0.3, -0.25) is 18.2 Å². The van der Waals surface area contributed by atoms with Crippen LogP contribution < -0.4 is 0 Å². The van der Waals surface area contributed by atoms with Gasteiger partial charge in [-0.1, -0.05) is 23.5 Å². The van der Waals surface area contributed by atoms with Crippen molar-refractivity contribution in [2.24, 2.45) is 0 Å². The first-order valence-electron chi connectivity index (χ1n) is 5.38. The molecule has 17 heavy (non-hydrogen) atoms. The number of carbonyl (C=O) groups is 2. The molecule has 0 bridgehead atoms. The summed E-state index contributed by atoms with van der Waals surface area (Å²) in [7, 11) is 0. The number of amides is 2. The summed E-state index contributed by atoms with van der Waals surface area (Å²) in [6, 6.07) is 0. The van der Waals surface area contributed by atoms with E-state index in [1.54, 1.807) is 8.61 Å². The summed E-state index contributed by atoms with van der Waals surface area (Å²) in [4.78, 5) is 23.5. The van der Waals surface area contributed by atoms with E-state index in [2.05, 4.69) is 0 Å². The van der Waals surface area contributed by atoms with Crippen molar-refractivity contribution in [3.05, 3.63) is 0 Å². The van der Waals surface area contributed by atoms with Crippen molar-refractivity contribution in [1.82, 2.24) is 8.61 Å². The van der Waals surface area contributed by atoms with E-state index < -0.39 is 0 Å². The molecular weight excluding hydrogens is 276 g/mol. The van der Waals surface area contributed by atoms with Crippen LogP contribution in [0.2, 0.25) is 0 Å². The quantitative estimate of drug-likeness (QED) is 0.729. The topological polar surface area (TPSA) is 40.6 Å². The molecule has 0 spiro atoms. The van der Waals surface area contributed by atoms with Crippen molar-refractivity contribution in [3.63, 3.8) is 0 Å². The van der Waals surface area contributed by atoms with E-state index in [9.17, 15) is 9.59 Å². The summed E-state index contributed by atoms with van der Waals surface area (Å²) >= 11 is 3.93. The monoisotopic (exact) mass is 292 g/mol. The molecule has 0 aromatic carbocycles. The first kappa shape index (κ1) is 13.4. The minimum absolute atomic E-state index is 0.0440. The van der Waals surface area contributed by atoms with Crippen molar-refractivity contribution in [2.75, 3.05) is 13.1 Å². The predicted molar refractivity (Wildman–Crippen MR) is 75.1 cm³/mol. The van der Waals surface area contributed by atoms with Crippen LogP contribution in [0.4, 0.5) is 9.59 Å². The summed E-state index contributed by atoms with van der Waals surface area (Å²) in [6.07, 6.45) is 0. The highest BCUT2D eigenvalue weighted by Crippen LogP contribution is 2.44. The fourth-order valence-corrected chi connectivity index (χ4v) is 5.09. The largest absolute Gasteiger partial charge is 0.293 e. The van der Waals surface area contributed by atoms with Crippen LogP contribution in [0, 0.1) is 0 Å². The summed E-state index contributed by atoms with van der Waals surface area (Å²) < 4.78 is 3.25. The van der Waals surface area contributed by atoms with Crippen molar-refractivity contribution in [2.45, 2.75) is 37.2 Å². The highest BCUT2D eigenvalue weighted by atomic mass is 32.2. The van der Waals surface area contributed by atoms with Gasteiger partial charge in [0.05, 0.1) is 12.1 Å². The van der Waals surface area contributed by atoms with Crippen LogP contribution in [0.25, 0.3) is 0 Å². The molecule has 2 aliphatic heterocycles. The lowest BCUT2D eigenvalue weighted by Gasteiger charge is -2.22. The van der Waals surface area contributed by atoms with Crippen LogP contribution in [0.15, 0.2) is 0 Å². The third-order valence-electron chi connectivity index (χ3n) is 2.38. The van der Waals surface area contributed by atoms with Gasteiger partial charge >= 0.3 is 0 Å². The maximum absolute atomic E-state index is 11.8. The number of hydrogen-bond acceptors (Lipinski definition) is 5. The Hall–Kier alpha value is -0.0100. The molecule has 2 fully saturated rings. The van der Waals surface area contributed by atoms with Crippen LogP contribution >= 0.6 is 35.7 Å². The molecule has 2 heterocycles. The minimum Gasteiger partial charge on any atom is -0.261 e. The summed E-state index contributed by atoms with van der Waals surface area (Å²) in [6.45, 7) is 9.52. The van der Waals surface area contributed by atoms with E-state index in [-0.39, 0.29) is 20.0 Å². The molecule has 4 nitrogen and oxygen atoms in total. The van der Waals surface area contributed by atoms with Crippen LogP contribution in [0.1, 0.15) is 27.7 Å². The Kier molecular flexibility index (Phi) is 3.38. The van der Waals surface area contributed by atoms with Crippen LogP contribution in [0.5, 0.6) is 0 Å². The van der Waals surface area contributed by atoms with E-state index in [1.165, 1.54) is 35.7 Å². The molecule has 2 aliphatic rings. The maximum Gasteiger partial charge on any atom is 0.293 e. The van der Waals surface area contributed by atoms with Crippen molar-refractivity contribution in [1.29, 1.82) is 0 Å². The lowest BCUT2D eigenvalue weighted by atomic mass is 10.2. The van der Waals surface area contributed by atoms with E-state index in [4.69, 9.17) is 0 Å². The standard InChI is InChI=1S/C10H16N2O2S3/c1-9(2)5-11(7(13)15-9)17-12-6-10(3,4)16-8(12)14/h5-6H2,1-4H3. The Balaban J connectivity index is 1.99. The highest BCUT2D eigenvalue weighted by molar-refractivity contribution is 8.18. The minimum atomic E-state index is -0.0600. The number of hydrogen-bond donors (Lipinski definition) is 0. The number of carbonyl (C=O) groups excluding carboxylic acids is 2. The van der Waals surface area contributed by atoms with Gasteiger partial charge in [-0.2, -0.15) is 0 Å². The first-order valence-corrected chi connectivity index (χ1v) is 7.74. The average Bonchev–Trinajstić information content (AvgIpc) is 2.50. The Labute approximate surface area is 114 Å². The molecule has 0 radical (unpaired) electrons. The number of nitrogens with zero attached hydrogens (tertiary/aromatic N) is 2. The van der Waals surface area contributed by atoms with Gasteiger partial charge in [-0.15, -0.1) is 0 Å². The van der Waals surface area contributed by atoms with Crippen molar-refractivity contribution < 1.29 is 9.59 Å². The molecule has 2 rings (SSSR count). The second-order valence-electron chi connectivity index (χ2n) is 5.41. The Morgan fingerprint density at radius 3 is 1.53 bits per heavy atom. The van der Waals surface area contributed by atoms with Crippen LogP contribution in [-0.2, 0) is 0 Å². The maximum atomic E-state index is 11.8. The predicted octanol–water partition coefficient (Wildman–Crippen LogP) is 3.44. The van der Waals surface area contributed by atoms with Gasteiger partial charge in [-0.05, 0) is 27.7 Å². The lowest BCUT2D eigenvalue weighted by Crippen LogP contribution is -2.30. The van der Waals surface area contributed by atoms with Crippen LogP contribution in [-0.4, -0.2) is 41.7 Å². The average molecular weight is 292 g/mol. The first-order chi connectivity index (χ1) is 7.69. The zero-order valence-corrected chi connectivity index (χ0v) is 12.8. The smallest absolute Gasteiger partial charge is 0.261 e. The molecule has 0 N–H and O–H groups in total. The normalized spacial score (nSPS) is 27.1. The van der Waals surface area contributed by atoms with Gasteiger partial charge in [0, 0.05) is 22.6 Å². The Morgan fingerprint density at radius 2 is 1.29 bits per heavy atom. The van der Waals surface area contributed by atoms with E-state index in [0.29, 0.717) is 13.1 Å². The molecule has 2 saturated heterocycles. The molecule has 0 aromatic rings. The molecule has 96 valence electrons. The number of rotatable bonds is 2. The van der Waals surface area contributed by atoms with Gasteiger partial charge < -0.3 is 0 Å². The molecular formula is C10H16N2O2S3. The lowest BCUT2D eigenvalue weighted by molar-refractivity contribution is 0.245. The summed E-state index contributed by atoms with van der Waals surface area (Å²) in [5.41, 5.74) is 0. The van der Waals surface area contributed by atoms with Crippen molar-refractivity contribution in [3.8, 4) is 0 Å². The third kappa shape index (κ3) is 3.06. The molecule has 0 atom stereocenters. The second-order valence-corrected chi connectivity index (χ2v) is 9.77. The molecule has 7 heteroatoms. The molecule has 2 amide bonds. The summed E-state index contributed by atoms with van der Waals surface area (Å²) in [5, 5.41) is 0.0880. The Bertz CT molecular complexity index is 337. The van der Waals surface area contributed by atoms with Gasteiger partial charge in [0.2, 0.25) is 0 Å². The fourth-order valence-electron chi connectivity index (χ4n) is 1.70. The third-order valence-corrected chi connectivity index (χ3v) is 5.75. The number of thioether (sulfide) groups is 2. The van der Waals surface area contributed by atoms with E-state index >= 15 is 0 Å². The second kappa shape index (κ2) is 4.28. The zero-order chi connectivity index (χ0) is 12.8. The van der Waals surface area contributed by atoms with Gasteiger partial charge in [0.15, 0.2) is 0 Å². The van der Waals surface area contributed by atoms with Gasteiger partial charge in [-0.25, -0.2) is 0 Å². The molecule has 0 aromatic heterocycles. The van der Waals surface area contributed by atoms with Gasteiger partial charge in [0.25, 0.3) is 10.5 Å². The van der Waals surface area contributed by atoms with E-state index in [0.717, 1.165) is 0 Å². The van der Waals surface area contributed by atoms with Gasteiger partial charge in [0.1, 0.15) is 0 Å². The highest BCUT2D eigenvalue weighted by Gasteiger charge is 2.43. The Morgan fingerprint density at radius 1 is 0.941 bits per heavy atom. The van der Waals surface area contributed by atoms with Crippen LogP contribution in [0.3, 0.4) is 0 Å². The zero-order valence-electron chi connectivity index (χ0n) is 10.3. The molecule has 0 saturated carbocycles. The SMILES string of the molecule is CC1(C)CN(SN2CC(C)(C)SC2=O)C(=O)S1. The van der Waals surface area contributed by atoms with E-state index in [1.807, 2.05) is 27.7 Å². The molecule has 0 aliphatic carbocycles. The van der Waals surface area contributed by atoms with Crippen molar-refractivity contribution >= 4 is 46.1 Å². The summed E-state index contributed by atoms with van der Waals surface area (Å²) in [5.74, 6) is 0. The molecule has 0 unspecified atom stereocenters.